The first-order valence-electron chi connectivity index (χ1n) is 7.86. The molecule has 1 N–H and O–H groups in total. The van der Waals surface area contributed by atoms with E-state index in [2.05, 4.69) is 10.2 Å². The number of hydrogen-bond acceptors (Lipinski definition) is 4. The highest BCUT2D eigenvalue weighted by molar-refractivity contribution is 6.07. The SMILES string of the molecule is COc1ccc(-c2cc(/C=C/C(=O)c3ccc(OC)cc3F)[nH]n2)cc1. The molecule has 0 radical (unpaired) electrons. The molecule has 0 atom stereocenters. The molecule has 0 amide bonds. The zero-order chi connectivity index (χ0) is 18.5. The van der Waals surface area contributed by atoms with E-state index in [-0.39, 0.29) is 5.56 Å². The Hall–Kier alpha value is -3.41. The van der Waals surface area contributed by atoms with Gasteiger partial charge < -0.3 is 9.47 Å². The van der Waals surface area contributed by atoms with Crippen LogP contribution < -0.4 is 9.47 Å². The summed E-state index contributed by atoms with van der Waals surface area (Å²) in [6.45, 7) is 0. The number of aromatic nitrogens is 2. The van der Waals surface area contributed by atoms with Crippen LogP contribution in [0.1, 0.15) is 16.1 Å². The molecule has 0 aliphatic heterocycles. The third kappa shape index (κ3) is 3.80. The van der Waals surface area contributed by atoms with Crippen LogP contribution in [0, 0.1) is 5.82 Å². The molecule has 132 valence electrons. The Morgan fingerprint density at radius 1 is 1.04 bits per heavy atom. The van der Waals surface area contributed by atoms with Gasteiger partial charge in [-0.05, 0) is 54.6 Å². The first-order valence-corrected chi connectivity index (χ1v) is 7.86. The summed E-state index contributed by atoms with van der Waals surface area (Å²) in [7, 11) is 3.05. The molecule has 2 aromatic carbocycles. The molecule has 1 heterocycles. The maximum absolute atomic E-state index is 13.9. The van der Waals surface area contributed by atoms with Crippen molar-refractivity contribution in [2.24, 2.45) is 0 Å². The van der Waals surface area contributed by atoms with Gasteiger partial charge >= 0.3 is 0 Å². The number of nitrogens with zero attached hydrogens (tertiary/aromatic N) is 1. The second-order valence-electron chi connectivity index (χ2n) is 5.48. The summed E-state index contributed by atoms with van der Waals surface area (Å²) >= 11 is 0. The second-order valence-corrected chi connectivity index (χ2v) is 5.48. The lowest BCUT2D eigenvalue weighted by molar-refractivity contribution is 0.104. The Morgan fingerprint density at radius 3 is 2.38 bits per heavy atom. The summed E-state index contributed by atoms with van der Waals surface area (Å²) in [5.74, 6) is 0.0607. The van der Waals surface area contributed by atoms with E-state index in [1.54, 1.807) is 25.3 Å². The number of benzene rings is 2. The highest BCUT2D eigenvalue weighted by Crippen LogP contribution is 2.22. The fourth-order valence-electron chi connectivity index (χ4n) is 2.41. The molecule has 0 saturated carbocycles. The quantitative estimate of drug-likeness (QED) is 0.535. The third-order valence-corrected chi connectivity index (χ3v) is 3.84. The van der Waals surface area contributed by atoms with Crippen molar-refractivity contribution in [1.29, 1.82) is 0 Å². The van der Waals surface area contributed by atoms with Gasteiger partial charge in [-0.15, -0.1) is 0 Å². The van der Waals surface area contributed by atoms with Crippen LogP contribution in [0.15, 0.2) is 54.6 Å². The fourth-order valence-corrected chi connectivity index (χ4v) is 2.41. The Bertz CT molecular complexity index is 946. The highest BCUT2D eigenvalue weighted by atomic mass is 19.1. The van der Waals surface area contributed by atoms with Crippen molar-refractivity contribution in [2.75, 3.05) is 14.2 Å². The predicted octanol–water partition coefficient (Wildman–Crippen LogP) is 4.13. The van der Waals surface area contributed by atoms with Gasteiger partial charge in [0.05, 0.1) is 31.2 Å². The number of H-pyrrole nitrogens is 1. The molecule has 3 rings (SSSR count). The van der Waals surface area contributed by atoms with E-state index in [9.17, 15) is 9.18 Å². The minimum atomic E-state index is -0.623. The molecule has 6 heteroatoms. The van der Waals surface area contributed by atoms with Crippen molar-refractivity contribution >= 4 is 11.9 Å². The van der Waals surface area contributed by atoms with Crippen LogP contribution in [0.2, 0.25) is 0 Å². The minimum absolute atomic E-state index is 0.0167. The number of methoxy groups -OCH3 is 2. The number of nitrogens with one attached hydrogen (secondary N) is 1. The Morgan fingerprint density at radius 2 is 1.73 bits per heavy atom. The molecule has 0 saturated heterocycles. The first-order chi connectivity index (χ1) is 12.6. The normalized spacial score (nSPS) is 10.9. The number of hydrogen-bond donors (Lipinski definition) is 1. The largest absolute Gasteiger partial charge is 0.497 e. The van der Waals surface area contributed by atoms with E-state index >= 15 is 0 Å². The van der Waals surface area contributed by atoms with Crippen molar-refractivity contribution in [3.8, 4) is 22.8 Å². The van der Waals surface area contributed by atoms with E-state index < -0.39 is 11.6 Å². The molecular weight excluding hydrogens is 335 g/mol. The molecule has 0 bridgehead atoms. The number of allylic oxidation sites excluding steroid dienone is 1. The lowest BCUT2D eigenvalue weighted by Crippen LogP contribution is -1.99. The van der Waals surface area contributed by atoms with Crippen molar-refractivity contribution in [3.05, 3.63) is 71.7 Å². The topological polar surface area (TPSA) is 64.2 Å². The Kier molecular flexibility index (Phi) is 5.12. The minimum Gasteiger partial charge on any atom is -0.497 e. The summed E-state index contributed by atoms with van der Waals surface area (Å²) in [5.41, 5.74) is 2.26. The van der Waals surface area contributed by atoms with Crippen LogP contribution in [0.3, 0.4) is 0 Å². The van der Waals surface area contributed by atoms with Crippen molar-refractivity contribution in [2.45, 2.75) is 0 Å². The molecule has 0 spiro atoms. The zero-order valence-electron chi connectivity index (χ0n) is 14.3. The average Bonchev–Trinajstić information content (AvgIpc) is 3.15. The predicted molar refractivity (Wildman–Crippen MR) is 96.9 cm³/mol. The van der Waals surface area contributed by atoms with Gasteiger partial charge in [0, 0.05) is 11.6 Å². The first kappa shape index (κ1) is 17.4. The van der Waals surface area contributed by atoms with Gasteiger partial charge in [-0.2, -0.15) is 5.10 Å². The van der Waals surface area contributed by atoms with Gasteiger partial charge in [0.1, 0.15) is 17.3 Å². The Labute approximate surface area is 150 Å². The molecule has 0 fully saturated rings. The van der Waals surface area contributed by atoms with Crippen LogP contribution in [0.25, 0.3) is 17.3 Å². The number of ether oxygens (including phenoxy) is 2. The van der Waals surface area contributed by atoms with Gasteiger partial charge in [-0.3, -0.25) is 9.89 Å². The van der Waals surface area contributed by atoms with Crippen LogP contribution >= 0.6 is 0 Å². The van der Waals surface area contributed by atoms with Crippen LogP contribution in [-0.2, 0) is 0 Å². The average molecular weight is 352 g/mol. The zero-order valence-corrected chi connectivity index (χ0v) is 14.3. The van der Waals surface area contributed by atoms with E-state index in [0.29, 0.717) is 11.4 Å². The van der Waals surface area contributed by atoms with Gasteiger partial charge in [0.2, 0.25) is 0 Å². The highest BCUT2D eigenvalue weighted by Gasteiger charge is 2.10. The van der Waals surface area contributed by atoms with E-state index in [0.717, 1.165) is 17.0 Å². The fraction of sp³-hybridized carbons (Fsp3) is 0.100. The van der Waals surface area contributed by atoms with Gasteiger partial charge in [0.25, 0.3) is 0 Å². The summed E-state index contributed by atoms with van der Waals surface area (Å²) < 4.78 is 24.0. The van der Waals surface area contributed by atoms with Crippen molar-refractivity contribution in [1.82, 2.24) is 10.2 Å². The molecular formula is C20H17FN2O3. The molecule has 0 unspecified atom stereocenters. The second kappa shape index (κ2) is 7.65. The molecule has 26 heavy (non-hydrogen) atoms. The summed E-state index contributed by atoms with van der Waals surface area (Å²) in [6.07, 6.45) is 2.86. The van der Waals surface area contributed by atoms with Crippen molar-refractivity contribution in [3.63, 3.8) is 0 Å². The van der Waals surface area contributed by atoms with Gasteiger partial charge in [0.15, 0.2) is 5.78 Å². The molecule has 0 aliphatic carbocycles. The monoisotopic (exact) mass is 352 g/mol. The molecule has 3 aromatic rings. The summed E-state index contributed by atoms with van der Waals surface area (Å²) in [6, 6.07) is 13.4. The number of rotatable bonds is 6. The molecule has 1 aromatic heterocycles. The third-order valence-electron chi connectivity index (χ3n) is 3.84. The molecule has 5 nitrogen and oxygen atoms in total. The maximum atomic E-state index is 13.9. The van der Waals surface area contributed by atoms with Crippen LogP contribution in [0.5, 0.6) is 11.5 Å². The number of carbonyl (C=O) groups excluding carboxylic acids is 1. The number of halogens is 1. The molecule has 0 aliphatic rings. The standard InChI is InChI=1S/C20H17FN2O3/c1-25-15-6-3-13(4-7-15)19-11-14(22-23-19)5-10-20(24)17-9-8-16(26-2)12-18(17)21/h3-12H,1-2H3,(H,22,23)/b10-5+. The van der Waals surface area contributed by atoms with Crippen LogP contribution in [-0.4, -0.2) is 30.2 Å². The Balaban J connectivity index is 1.74. The van der Waals surface area contributed by atoms with E-state index in [1.165, 1.54) is 25.3 Å². The van der Waals surface area contributed by atoms with Crippen LogP contribution in [0.4, 0.5) is 4.39 Å². The summed E-state index contributed by atoms with van der Waals surface area (Å²) in [4.78, 5) is 12.2. The smallest absolute Gasteiger partial charge is 0.188 e. The van der Waals surface area contributed by atoms with E-state index in [4.69, 9.17) is 9.47 Å². The van der Waals surface area contributed by atoms with E-state index in [1.807, 2.05) is 24.3 Å². The summed E-state index contributed by atoms with van der Waals surface area (Å²) in [5, 5.41) is 7.05. The maximum Gasteiger partial charge on any atom is 0.188 e. The van der Waals surface area contributed by atoms with Crippen molar-refractivity contribution < 1.29 is 18.7 Å². The van der Waals surface area contributed by atoms with Gasteiger partial charge in [-0.25, -0.2) is 4.39 Å². The number of ketones is 1. The van der Waals surface area contributed by atoms with Gasteiger partial charge in [-0.1, -0.05) is 0 Å². The lowest BCUT2D eigenvalue weighted by Gasteiger charge is -2.02. The number of aromatic amines is 1. The lowest BCUT2D eigenvalue weighted by atomic mass is 10.1. The number of carbonyl (C=O) groups is 1.